The van der Waals surface area contributed by atoms with Crippen molar-refractivity contribution in [3.05, 3.63) is 25.3 Å². The van der Waals surface area contributed by atoms with E-state index < -0.39 is 35.0 Å². The number of carbonyl (C=O) groups is 3. The number of hydrogen-bond acceptors (Lipinski definition) is 6. The SMILES string of the molecule is C=CCCCOC(=O)[C@@H]1[C@H]2C(=O)N(CCCCO)C(C(=O)N(CC=C)CCCCC)C23CC[C@@]1(C)O3. The van der Waals surface area contributed by atoms with Crippen molar-refractivity contribution >= 4 is 17.8 Å². The number of carbonyl (C=O) groups excluding carboxylic acids is 3. The van der Waals surface area contributed by atoms with Gasteiger partial charge < -0.3 is 24.4 Å². The van der Waals surface area contributed by atoms with Gasteiger partial charge in [0, 0.05) is 26.2 Å². The van der Waals surface area contributed by atoms with Crippen LogP contribution in [-0.2, 0) is 23.9 Å². The summed E-state index contributed by atoms with van der Waals surface area (Å²) >= 11 is 0. The van der Waals surface area contributed by atoms with Gasteiger partial charge in [0.2, 0.25) is 11.8 Å². The Labute approximate surface area is 215 Å². The van der Waals surface area contributed by atoms with Gasteiger partial charge in [-0.15, -0.1) is 13.2 Å². The van der Waals surface area contributed by atoms with Crippen molar-refractivity contribution < 1.29 is 29.0 Å². The average Bonchev–Trinajstić information content (AvgIpc) is 3.42. The van der Waals surface area contributed by atoms with Crippen molar-refractivity contribution in [1.82, 2.24) is 9.80 Å². The molecule has 202 valence electrons. The number of unbranched alkanes of at least 4 members (excludes halogenated alkanes) is 4. The number of hydrogen-bond donors (Lipinski definition) is 1. The summed E-state index contributed by atoms with van der Waals surface area (Å²) in [5, 5.41) is 9.31. The molecular formula is C28H44N2O6. The second-order valence-corrected chi connectivity index (χ2v) is 10.6. The first-order chi connectivity index (χ1) is 17.3. The van der Waals surface area contributed by atoms with E-state index in [4.69, 9.17) is 9.47 Å². The number of likely N-dealkylation sites (tertiary alicyclic amines) is 1. The first-order valence-electron chi connectivity index (χ1n) is 13.6. The van der Waals surface area contributed by atoms with Gasteiger partial charge in [0.15, 0.2) is 0 Å². The summed E-state index contributed by atoms with van der Waals surface area (Å²) < 4.78 is 12.2. The maximum Gasteiger partial charge on any atom is 0.312 e. The molecule has 1 spiro atoms. The lowest BCUT2D eigenvalue weighted by Crippen LogP contribution is -2.56. The average molecular weight is 505 g/mol. The number of aliphatic hydroxyl groups excluding tert-OH is 1. The van der Waals surface area contributed by atoms with Crippen LogP contribution in [-0.4, -0.2) is 82.8 Å². The molecule has 3 aliphatic heterocycles. The zero-order valence-corrected chi connectivity index (χ0v) is 22.1. The fraction of sp³-hybridized carbons (Fsp3) is 0.750. The van der Waals surface area contributed by atoms with Crippen LogP contribution in [0.25, 0.3) is 0 Å². The minimum absolute atomic E-state index is 0.0169. The summed E-state index contributed by atoms with van der Waals surface area (Å²) in [6.45, 7) is 13.1. The van der Waals surface area contributed by atoms with E-state index in [1.807, 2.05) is 6.92 Å². The Hall–Kier alpha value is -2.19. The Kier molecular flexibility index (Phi) is 9.75. The van der Waals surface area contributed by atoms with Gasteiger partial charge >= 0.3 is 5.97 Å². The third-order valence-corrected chi connectivity index (χ3v) is 8.06. The predicted octanol–water partition coefficient (Wildman–Crippen LogP) is 3.24. The predicted molar refractivity (Wildman–Crippen MR) is 137 cm³/mol. The van der Waals surface area contributed by atoms with Crippen molar-refractivity contribution in [3.8, 4) is 0 Å². The van der Waals surface area contributed by atoms with E-state index >= 15 is 0 Å². The zero-order valence-electron chi connectivity index (χ0n) is 22.1. The van der Waals surface area contributed by atoms with Crippen LogP contribution in [0.2, 0.25) is 0 Å². The summed E-state index contributed by atoms with van der Waals surface area (Å²) in [7, 11) is 0. The second kappa shape index (κ2) is 12.4. The van der Waals surface area contributed by atoms with Gasteiger partial charge in [0.25, 0.3) is 0 Å². The molecule has 3 heterocycles. The third kappa shape index (κ3) is 5.25. The highest BCUT2D eigenvalue weighted by Crippen LogP contribution is 2.63. The van der Waals surface area contributed by atoms with Gasteiger partial charge in [-0.05, 0) is 51.9 Å². The molecule has 0 radical (unpaired) electrons. The first kappa shape index (κ1) is 28.4. The largest absolute Gasteiger partial charge is 0.465 e. The van der Waals surface area contributed by atoms with E-state index in [0.29, 0.717) is 51.7 Å². The van der Waals surface area contributed by atoms with Crippen molar-refractivity contribution in [2.75, 3.05) is 32.8 Å². The van der Waals surface area contributed by atoms with E-state index in [1.54, 1.807) is 22.0 Å². The monoisotopic (exact) mass is 504 g/mol. The normalized spacial score (nSPS) is 30.4. The lowest BCUT2D eigenvalue weighted by Gasteiger charge is -2.37. The maximum absolute atomic E-state index is 14.1. The molecule has 3 fully saturated rings. The number of amides is 2. The molecule has 3 saturated heterocycles. The first-order valence-corrected chi connectivity index (χ1v) is 13.6. The molecule has 1 N–H and O–H groups in total. The topological polar surface area (TPSA) is 96.4 Å². The number of nitrogens with zero attached hydrogens (tertiary/aromatic N) is 2. The lowest BCUT2D eigenvalue weighted by atomic mass is 9.66. The highest BCUT2D eigenvalue weighted by atomic mass is 16.6. The van der Waals surface area contributed by atoms with Crippen LogP contribution in [0.4, 0.5) is 0 Å². The Balaban J connectivity index is 1.93. The number of allylic oxidation sites excluding steroid dienone is 1. The molecule has 2 bridgehead atoms. The van der Waals surface area contributed by atoms with Crippen LogP contribution in [0.1, 0.15) is 71.6 Å². The molecular weight excluding hydrogens is 460 g/mol. The van der Waals surface area contributed by atoms with Crippen molar-refractivity contribution in [2.24, 2.45) is 11.8 Å². The lowest BCUT2D eigenvalue weighted by molar-refractivity contribution is -0.160. The van der Waals surface area contributed by atoms with Crippen LogP contribution in [0.3, 0.4) is 0 Å². The zero-order chi connectivity index (χ0) is 26.3. The molecule has 3 rings (SSSR count). The fourth-order valence-electron chi connectivity index (χ4n) is 6.36. The minimum atomic E-state index is -1.04. The molecule has 5 atom stereocenters. The summed E-state index contributed by atoms with van der Waals surface area (Å²) in [5.41, 5.74) is -1.88. The number of ether oxygens (including phenoxy) is 2. The van der Waals surface area contributed by atoms with E-state index in [-0.39, 0.29) is 25.0 Å². The van der Waals surface area contributed by atoms with E-state index in [1.165, 1.54) is 0 Å². The summed E-state index contributed by atoms with van der Waals surface area (Å²) in [4.78, 5) is 44.7. The Morgan fingerprint density at radius 1 is 1.19 bits per heavy atom. The van der Waals surface area contributed by atoms with Gasteiger partial charge in [0.05, 0.1) is 18.1 Å². The van der Waals surface area contributed by atoms with Gasteiger partial charge in [-0.2, -0.15) is 0 Å². The van der Waals surface area contributed by atoms with Gasteiger partial charge in [-0.1, -0.05) is 31.9 Å². The molecule has 0 aliphatic carbocycles. The Bertz CT molecular complexity index is 831. The van der Waals surface area contributed by atoms with Crippen molar-refractivity contribution in [1.29, 1.82) is 0 Å². The van der Waals surface area contributed by atoms with Crippen LogP contribution < -0.4 is 0 Å². The standard InChI is InChI=1S/C28H44N2O6/c1-5-8-10-17-29(16-7-3)25(33)23-28-15-14-27(4,36-28)22(26(34)35-20-13-9-6-2)21(28)24(32)30(23)18-11-12-19-31/h6-7,21-23,31H,2-3,5,8-20H2,1,4H3/t21-,22-,23?,27+,28?/m0/s1. The maximum atomic E-state index is 14.1. The summed E-state index contributed by atoms with van der Waals surface area (Å²) in [6, 6.07) is -0.796. The molecule has 8 heteroatoms. The van der Waals surface area contributed by atoms with Crippen LogP contribution in [0, 0.1) is 11.8 Å². The van der Waals surface area contributed by atoms with Crippen LogP contribution in [0.15, 0.2) is 25.3 Å². The minimum Gasteiger partial charge on any atom is -0.465 e. The third-order valence-electron chi connectivity index (χ3n) is 8.06. The molecule has 36 heavy (non-hydrogen) atoms. The molecule has 0 saturated carbocycles. The van der Waals surface area contributed by atoms with Gasteiger partial charge in [-0.25, -0.2) is 0 Å². The van der Waals surface area contributed by atoms with Gasteiger partial charge in [-0.3, -0.25) is 14.4 Å². The van der Waals surface area contributed by atoms with Crippen LogP contribution >= 0.6 is 0 Å². The molecule has 0 aromatic carbocycles. The van der Waals surface area contributed by atoms with Crippen molar-refractivity contribution in [3.63, 3.8) is 0 Å². The summed E-state index contributed by atoms with van der Waals surface area (Å²) in [6.07, 6.45) is 10.1. The molecule has 0 aromatic rings. The van der Waals surface area contributed by atoms with E-state index in [0.717, 1.165) is 25.7 Å². The Morgan fingerprint density at radius 2 is 1.97 bits per heavy atom. The highest BCUT2D eigenvalue weighted by Gasteiger charge is 2.78. The molecule has 0 aromatic heterocycles. The smallest absolute Gasteiger partial charge is 0.312 e. The quantitative estimate of drug-likeness (QED) is 0.197. The molecule has 8 nitrogen and oxygen atoms in total. The van der Waals surface area contributed by atoms with Crippen LogP contribution in [0.5, 0.6) is 0 Å². The number of rotatable bonds is 16. The number of esters is 1. The fourth-order valence-corrected chi connectivity index (χ4v) is 6.36. The number of aliphatic hydroxyl groups is 1. The van der Waals surface area contributed by atoms with Gasteiger partial charge in [0.1, 0.15) is 17.6 Å². The molecule has 2 amide bonds. The second-order valence-electron chi connectivity index (χ2n) is 10.6. The Morgan fingerprint density at radius 3 is 2.64 bits per heavy atom. The molecule has 2 unspecified atom stereocenters. The molecule has 3 aliphatic rings. The van der Waals surface area contributed by atoms with E-state index in [2.05, 4.69) is 20.1 Å². The summed E-state index contributed by atoms with van der Waals surface area (Å²) in [5.74, 6) is -2.26. The van der Waals surface area contributed by atoms with E-state index in [9.17, 15) is 19.5 Å². The highest BCUT2D eigenvalue weighted by molar-refractivity contribution is 5.98. The number of fused-ring (bicyclic) bond motifs is 1. The van der Waals surface area contributed by atoms with Crippen molar-refractivity contribution in [2.45, 2.75) is 88.9 Å².